The fourth-order valence-electron chi connectivity index (χ4n) is 4.52. The first-order valence-electron chi connectivity index (χ1n) is 13.2. The molecule has 1 aromatic carbocycles. The Bertz CT molecular complexity index is 978. The Morgan fingerprint density at radius 3 is 2.39 bits per heavy atom. The summed E-state index contributed by atoms with van der Waals surface area (Å²) in [6.45, 7) is 9.62. The fraction of sp³-hybridized carbons (Fsp3) is 0.500. The number of phenolic OH excluding ortho intramolecular Hbond substituents is 1. The number of carbonyl (C=O) groups is 1. The summed E-state index contributed by atoms with van der Waals surface area (Å²) in [7, 11) is 0. The fourth-order valence-corrected chi connectivity index (χ4v) is 4.52. The van der Waals surface area contributed by atoms with E-state index >= 15 is 0 Å². The molecular formula is C30H41NO5. The van der Waals surface area contributed by atoms with Crippen LogP contribution in [0, 0.1) is 10.1 Å². The minimum absolute atomic E-state index is 0.105. The number of carbonyl (C=O) groups excluding carboxylic acids is 1. The molecule has 36 heavy (non-hydrogen) atoms. The van der Waals surface area contributed by atoms with E-state index in [4.69, 9.17) is 4.74 Å². The van der Waals surface area contributed by atoms with Crippen molar-refractivity contribution < 1.29 is 19.6 Å². The molecule has 0 spiro atoms. The van der Waals surface area contributed by atoms with Crippen molar-refractivity contribution >= 4 is 11.5 Å². The summed E-state index contributed by atoms with van der Waals surface area (Å²) in [5.41, 5.74) is 0.401. The highest BCUT2D eigenvalue weighted by Crippen LogP contribution is 2.38. The van der Waals surface area contributed by atoms with Crippen LogP contribution in [0.2, 0.25) is 0 Å². The van der Waals surface area contributed by atoms with Crippen LogP contribution in [-0.2, 0) is 16.0 Å². The Hall–Kier alpha value is -3.15. The number of hydrogen-bond acceptors (Lipinski definition) is 5. The first-order chi connectivity index (χ1) is 17.4. The average Bonchev–Trinajstić information content (AvgIpc) is 2.85. The van der Waals surface area contributed by atoms with E-state index in [1.807, 2.05) is 0 Å². The standard InChI is InChI=1S/C30H41NO5/c1-4-7-8-9-10-11-12-13-14-16-29(33)36-28-19-21-30(20-6-3,31(34)35)23-26(28)24-17-18-27(32)25(22-24)15-5-2/h5-6,17-19,22-23,32H,2-4,7-16,20-21H2,1H3. The average molecular weight is 496 g/mol. The third-order valence-corrected chi connectivity index (χ3v) is 6.64. The number of unbranched alkanes of at least 4 members (excludes halogenated alkanes) is 8. The van der Waals surface area contributed by atoms with Crippen molar-refractivity contribution in [2.75, 3.05) is 0 Å². The number of nitro groups is 1. The van der Waals surface area contributed by atoms with Gasteiger partial charge in [0, 0.05) is 35.8 Å². The summed E-state index contributed by atoms with van der Waals surface area (Å²) in [4.78, 5) is 24.4. The van der Waals surface area contributed by atoms with Gasteiger partial charge in [-0.15, -0.1) is 13.2 Å². The van der Waals surface area contributed by atoms with Crippen molar-refractivity contribution in [2.45, 2.75) is 95.9 Å². The van der Waals surface area contributed by atoms with Gasteiger partial charge in [-0.1, -0.05) is 76.5 Å². The van der Waals surface area contributed by atoms with Gasteiger partial charge in [0.2, 0.25) is 5.54 Å². The van der Waals surface area contributed by atoms with Crippen LogP contribution in [0.15, 0.2) is 61.4 Å². The summed E-state index contributed by atoms with van der Waals surface area (Å²) in [6.07, 6.45) is 17.8. The van der Waals surface area contributed by atoms with Crippen molar-refractivity contribution in [1.82, 2.24) is 0 Å². The second-order valence-electron chi connectivity index (χ2n) is 9.57. The van der Waals surface area contributed by atoms with Gasteiger partial charge in [0.25, 0.3) is 0 Å². The molecule has 1 aliphatic rings. The lowest BCUT2D eigenvalue weighted by atomic mass is 9.82. The van der Waals surface area contributed by atoms with Crippen molar-refractivity contribution in [1.29, 1.82) is 0 Å². The molecule has 6 nitrogen and oxygen atoms in total. The van der Waals surface area contributed by atoms with Crippen LogP contribution in [0.1, 0.15) is 95.1 Å². The van der Waals surface area contributed by atoms with Gasteiger partial charge in [-0.05, 0) is 42.2 Å². The summed E-state index contributed by atoms with van der Waals surface area (Å²) in [5.74, 6) is 0.111. The Kier molecular flexibility index (Phi) is 12.2. The first kappa shape index (κ1) is 29.1. The molecule has 6 heteroatoms. The number of esters is 1. The molecule has 0 heterocycles. The second kappa shape index (κ2) is 15.1. The van der Waals surface area contributed by atoms with Gasteiger partial charge in [0.05, 0.1) is 0 Å². The Labute approximate surface area is 215 Å². The molecule has 0 saturated carbocycles. The maximum atomic E-state index is 12.6. The van der Waals surface area contributed by atoms with Gasteiger partial charge < -0.3 is 9.84 Å². The van der Waals surface area contributed by atoms with E-state index in [-0.39, 0.29) is 29.5 Å². The van der Waals surface area contributed by atoms with Gasteiger partial charge in [-0.25, -0.2) is 0 Å². The van der Waals surface area contributed by atoms with Crippen LogP contribution in [-0.4, -0.2) is 21.5 Å². The van der Waals surface area contributed by atoms with E-state index in [1.165, 1.54) is 44.6 Å². The van der Waals surface area contributed by atoms with Crippen LogP contribution in [0.4, 0.5) is 0 Å². The molecule has 0 saturated heterocycles. The van der Waals surface area contributed by atoms with Crippen LogP contribution >= 0.6 is 0 Å². The maximum absolute atomic E-state index is 12.6. The molecule has 0 aliphatic heterocycles. The lowest BCUT2D eigenvalue weighted by Gasteiger charge is -2.26. The Morgan fingerprint density at radius 2 is 1.78 bits per heavy atom. The van der Waals surface area contributed by atoms with Crippen molar-refractivity contribution in [3.63, 3.8) is 0 Å². The molecule has 1 atom stereocenters. The number of rotatable bonds is 17. The highest BCUT2D eigenvalue weighted by atomic mass is 16.6. The van der Waals surface area contributed by atoms with Gasteiger partial charge in [-0.3, -0.25) is 14.9 Å². The first-order valence-corrected chi connectivity index (χ1v) is 13.2. The highest BCUT2D eigenvalue weighted by Gasteiger charge is 2.42. The lowest BCUT2D eigenvalue weighted by molar-refractivity contribution is -0.553. The SMILES string of the molecule is C=CCc1cc(C2=CC(CC=C)([N+](=O)[O-])CC=C2OC(=O)CCCCCCCCCCC)ccc1O. The van der Waals surface area contributed by atoms with Crippen molar-refractivity contribution in [3.05, 3.63) is 82.7 Å². The maximum Gasteiger partial charge on any atom is 0.311 e. The second-order valence-corrected chi connectivity index (χ2v) is 9.57. The van der Waals surface area contributed by atoms with Crippen molar-refractivity contribution in [2.24, 2.45) is 0 Å². The lowest BCUT2D eigenvalue weighted by Crippen LogP contribution is -2.37. The van der Waals surface area contributed by atoms with Gasteiger partial charge in [0.1, 0.15) is 11.5 Å². The number of nitrogens with zero attached hydrogens (tertiary/aromatic N) is 1. The van der Waals surface area contributed by atoms with Gasteiger partial charge in [0.15, 0.2) is 0 Å². The monoisotopic (exact) mass is 495 g/mol. The minimum atomic E-state index is -1.36. The predicted molar refractivity (Wildman–Crippen MR) is 145 cm³/mol. The van der Waals surface area contributed by atoms with E-state index in [0.717, 1.165) is 19.3 Å². The molecule has 1 N–H and O–H groups in total. The van der Waals surface area contributed by atoms with E-state index in [0.29, 0.717) is 35.3 Å². The topological polar surface area (TPSA) is 89.7 Å². The van der Waals surface area contributed by atoms with Crippen LogP contribution < -0.4 is 0 Å². The normalized spacial score (nSPS) is 17.1. The van der Waals surface area contributed by atoms with E-state index < -0.39 is 5.54 Å². The number of allylic oxidation sites excluding steroid dienone is 2. The zero-order valence-electron chi connectivity index (χ0n) is 21.7. The number of benzene rings is 1. The number of aromatic hydroxyl groups is 1. The molecule has 1 aromatic rings. The summed E-state index contributed by atoms with van der Waals surface area (Å²) in [5, 5.41) is 22.2. The molecule has 1 aliphatic carbocycles. The zero-order valence-corrected chi connectivity index (χ0v) is 21.7. The third kappa shape index (κ3) is 8.51. The van der Waals surface area contributed by atoms with Crippen molar-refractivity contribution in [3.8, 4) is 5.75 Å². The highest BCUT2D eigenvalue weighted by molar-refractivity contribution is 5.83. The molecule has 0 bridgehead atoms. The van der Waals surface area contributed by atoms with E-state index in [1.54, 1.807) is 36.4 Å². The predicted octanol–water partition coefficient (Wildman–Crippen LogP) is 7.85. The third-order valence-electron chi connectivity index (χ3n) is 6.64. The van der Waals surface area contributed by atoms with E-state index in [9.17, 15) is 20.0 Å². The molecule has 1 unspecified atom stereocenters. The molecular weight excluding hydrogens is 454 g/mol. The van der Waals surface area contributed by atoms with Crippen LogP contribution in [0.3, 0.4) is 0 Å². The molecule has 2 rings (SSSR count). The van der Waals surface area contributed by atoms with Gasteiger partial charge >= 0.3 is 5.97 Å². The van der Waals surface area contributed by atoms with E-state index in [2.05, 4.69) is 20.1 Å². The quantitative estimate of drug-likeness (QED) is 0.0781. The minimum Gasteiger partial charge on any atom is -0.508 e. The Morgan fingerprint density at radius 1 is 1.11 bits per heavy atom. The molecule has 0 amide bonds. The zero-order chi connectivity index (χ0) is 26.4. The summed E-state index contributed by atoms with van der Waals surface area (Å²) in [6, 6.07) is 4.99. The number of hydrogen-bond donors (Lipinski definition) is 1. The largest absolute Gasteiger partial charge is 0.508 e. The number of ether oxygens (including phenoxy) is 1. The van der Waals surface area contributed by atoms with Crippen LogP contribution in [0.25, 0.3) is 5.57 Å². The summed E-state index contributed by atoms with van der Waals surface area (Å²) >= 11 is 0. The Balaban J connectivity index is 2.09. The van der Waals surface area contributed by atoms with Crippen LogP contribution in [0.5, 0.6) is 5.75 Å². The molecule has 196 valence electrons. The molecule has 0 radical (unpaired) electrons. The number of phenols is 1. The summed E-state index contributed by atoms with van der Waals surface area (Å²) < 4.78 is 5.73. The molecule has 0 fully saturated rings. The smallest absolute Gasteiger partial charge is 0.311 e. The molecule has 0 aromatic heterocycles. The van der Waals surface area contributed by atoms with Gasteiger partial charge in [-0.2, -0.15) is 0 Å².